The highest BCUT2D eigenvalue weighted by molar-refractivity contribution is 8.27. The highest BCUT2D eigenvalue weighted by Crippen LogP contribution is 2.36. The van der Waals surface area contributed by atoms with Gasteiger partial charge in [0.1, 0.15) is 6.26 Å². The Morgan fingerprint density at radius 1 is 1.11 bits per heavy atom. The minimum Gasteiger partial charge on any atom is -0.462 e. The number of fused-ring (bicyclic) bond motifs is 1. The Balaban J connectivity index is 1.78. The lowest BCUT2D eigenvalue weighted by molar-refractivity contribution is -0.113. The maximum atomic E-state index is 12.8. The van der Waals surface area contributed by atoms with E-state index in [-0.39, 0.29) is 32.9 Å². The maximum Gasteiger partial charge on any atom is 0.270 e. The molecule has 0 spiro atoms. The average Bonchev–Trinajstić information content (AvgIpc) is 2.92. The Morgan fingerprint density at radius 3 is 2.59 bits per heavy atom. The van der Waals surface area contributed by atoms with E-state index < -0.39 is 0 Å². The molecule has 4 nitrogen and oxygen atoms in total. The molecular formula is C19H9Cl2NO3S2. The molecule has 1 aliphatic rings. The summed E-state index contributed by atoms with van der Waals surface area (Å²) < 4.78 is 5.89. The molecule has 0 unspecified atom stereocenters. The minimum absolute atomic E-state index is 0.217. The van der Waals surface area contributed by atoms with E-state index >= 15 is 0 Å². The van der Waals surface area contributed by atoms with E-state index in [9.17, 15) is 9.59 Å². The van der Waals surface area contributed by atoms with Crippen molar-refractivity contribution in [1.82, 2.24) is 0 Å². The van der Waals surface area contributed by atoms with Crippen LogP contribution in [-0.4, -0.2) is 10.2 Å². The molecule has 1 fully saturated rings. The first-order chi connectivity index (χ1) is 13.0. The zero-order valence-electron chi connectivity index (χ0n) is 13.4. The largest absolute Gasteiger partial charge is 0.462 e. The Bertz CT molecular complexity index is 1190. The van der Waals surface area contributed by atoms with Crippen molar-refractivity contribution in [1.29, 1.82) is 0 Å². The van der Waals surface area contributed by atoms with E-state index in [1.54, 1.807) is 12.1 Å². The fourth-order valence-electron chi connectivity index (χ4n) is 2.69. The van der Waals surface area contributed by atoms with Crippen LogP contribution in [0.2, 0.25) is 10.0 Å². The third-order valence-electron chi connectivity index (χ3n) is 3.91. The molecule has 0 bridgehead atoms. The number of benzene rings is 2. The number of carbonyl (C=O) groups is 1. The van der Waals surface area contributed by atoms with Gasteiger partial charge in [0.2, 0.25) is 0 Å². The van der Waals surface area contributed by atoms with Crippen LogP contribution in [0.1, 0.15) is 5.56 Å². The third kappa shape index (κ3) is 3.30. The van der Waals surface area contributed by atoms with Crippen LogP contribution in [0.5, 0.6) is 0 Å². The van der Waals surface area contributed by atoms with Crippen molar-refractivity contribution in [3.8, 4) is 0 Å². The molecule has 8 heteroatoms. The molecule has 0 aliphatic carbocycles. The molecule has 0 N–H and O–H groups in total. The molecule has 0 saturated carbocycles. The van der Waals surface area contributed by atoms with Gasteiger partial charge in [0.05, 0.1) is 26.6 Å². The van der Waals surface area contributed by atoms with Crippen molar-refractivity contribution in [2.24, 2.45) is 0 Å². The molecule has 27 heavy (non-hydrogen) atoms. The zero-order valence-corrected chi connectivity index (χ0v) is 16.6. The van der Waals surface area contributed by atoms with Crippen LogP contribution in [0.15, 0.2) is 62.8 Å². The molecule has 134 valence electrons. The van der Waals surface area contributed by atoms with E-state index in [1.165, 1.54) is 29.4 Å². The van der Waals surface area contributed by atoms with Gasteiger partial charge >= 0.3 is 0 Å². The van der Waals surface area contributed by atoms with Gasteiger partial charge in [-0.15, -0.1) is 0 Å². The zero-order chi connectivity index (χ0) is 19.1. The fraction of sp³-hybridized carbons (Fsp3) is 0. The third-order valence-corrected chi connectivity index (χ3v) is 5.71. The molecule has 3 aromatic rings. The van der Waals surface area contributed by atoms with E-state index in [4.69, 9.17) is 39.8 Å². The number of hydrogen-bond acceptors (Lipinski definition) is 5. The smallest absolute Gasteiger partial charge is 0.270 e. The summed E-state index contributed by atoms with van der Waals surface area (Å²) in [6.45, 7) is 0. The van der Waals surface area contributed by atoms with Crippen molar-refractivity contribution in [2.75, 3.05) is 4.90 Å². The van der Waals surface area contributed by atoms with E-state index in [0.29, 0.717) is 19.9 Å². The second kappa shape index (κ2) is 7.13. The number of thioether (sulfide) groups is 1. The molecule has 0 atom stereocenters. The molecule has 2 aromatic carbocycles. The summed E-state index contributed by atoms with van der Waals surface area (Å²) >= 11 is 18.5. The van der Waals surface area contributed by atoms with Gasteiger partial charge in [-0.2, -0.15) is 0 Å². The molecule has 1 amide bonds. The van der Waals surface area contributed by atoms with Crippen LogP contribution >= 0.6 is 47.2 Å². The maximum absolute atomic E-state index is 12.8. The molecular weight excluding hydrogens is 425 g/mol. The summed E-state index contributed by atoms with van der Waals surface area (Å²) in [7, 11) is 0. The van der Waals surface area contributed by atoms with Crippen molar-refractivity contribution < 1.29 is 9.21 Å². The van der Waals surface area contributed by atoms with Gasteiger partial charge in [0, 0.05) is 5.02 Å². The number of carbonyl (C=O) groups excluding carboxylic acids is 1. The molecule has 1 aliphatic heterocycles. The average molecular weight is 434 g/mol. The van der Waals surface area contributed by atoms with Gasteiger partial charge in [0.15, 0.2) is 15.3 Å². The lowest BCUT2D eigenvalue weighted by Crippen LogP contribution is -2.27. The van der Waals surface area contributed by atoms with Crippen LogP contribution in [0.4, 0.5) is 5.69 Å². The highest BCUT2D eigenvalue weighted by atomic mass is 35.5. The molecule has 0 radical (unpaired) electrons. The highest BCUT2D eigenvalue weighted by Gasteiger charge is 2.33. The van der Waals surface area contributed by atoms with Crippen molar-refractivity contribution >= 4 is 80.1 Å². The standard InChI is InChI=1S/C19H9Cl2NO3S2/c20-11-7-13-16(23)10(9-25-17(13)14(21)8-11)6-15-18(24)22(19(26)27-15)12-4-2-1-3-5-12/h1-9H/b15-6-. The van der Waals surface area contributed by atoms with Crippen LogP contribution in [0, 0.1) is 0 Å². The van der Waals surface area contributed by atoms with Crippen molar-refractivity contribution in [2.45, 2.75) is 0 Å². The van der Waals surface area contributed by atoms with Crippen LogP contribution < -0.4 is 10.3 Å². The second-order valence-corrected chi connectivity index (χ2v) is 8.16. The topological polar surface area (TPSA) is 50.5 Å². The summed E-state index contributed by atoms with van der Waals surface area (Å²) in [4.78, 5) is 27.3. The monoisotopic (exact) mass is 433 g/mol. The van der Waals surface area contributed by atoms with Gasteiger partial charge in [-0.1, -0.05) is 65.4 Å². The van der Waals surface area contributed by atoms with Crippen LogP contribution in [0.3, 0.4) is 0 Å². The Hall–Kier alpha value is -2.12. The number of hydrogen-bond donors (Lipinski definition) is 0. The Morgan fingerprint density at radius 2 is 1.85 bits per heavy atom. The molecule has 4 rings (SSSR count). The van der Waals surface area contributed by atoms with Gasteiger partial charge < -0.3 is 4.42 Å². The van der Waals surface area contributed by atoms with Crippen molar-refractivity contribution in [3.05, 3.63) is 79.5 Å². The molecule has 2 heterocycles. The first-order valence-electron chi connectivity index (χ1n) is 7.69. The summed E-state index contributed by atoms with van der Waals surface area (Å²) in [6, 6.07) is 12.1. The van der Waals surface area contributed by atoms with Gasteiger partial charge in [-0.25, -0.2) is 0 Å². The summed E-state index contributed by atoms with van der Waals surface area (Å²) in [5, 5.41) is 0.823. The Labute approximate surface area is 173 Å². The normalized spacial score (nSPS) is 15.9. The summed E-state index contributed by atoms with van der Waals surface area (Å²) in [6.07, 6.45) is 2.75. The van der Waals surface area contributed by atoms with E-state index in [0.717, 1.165) is 11.8 Å². The van der Waals surface area contributed by atoms with E-state index in [1.807, 2.05) is 18.2 Å². The fourth-order valence-corrected chi connectivity index (χ4v) is 4.52. The first-order valence-corrected chi connectivity index (χ1v) is 9.67. The lowest BCUT2D eigenvalue weighted by Gasteiger charge is -2.13. The van der Waals surface area contributed by atoms with Gasteiger partial charge in [0.25, 0.3) is 5.91 Å². The number of thiocarbonyl (C=S) groups is 1. The van der Waals surface area contributed by atoms with E-state index in [2.05, 4.69) is 0 Å². The van der Waals surface area contributed by atoms with Crippen LogP contribution in [-0.2, 0) is 4.79 Å². The van der Waals surface area contributed by atoms with Crippen molar-refractivity contribution in [3.63, 3.8) is 0 Å². The summed E-state index contributed by atoms with van der Waals surface area (Å²) in [5.41, 5.74) is 0.813. The predicted octanol–water partition coefficient (Wildman–Crippen LogP) is 5.51. The minimum atomic E-state index is -0.328. The SMILES string of the molecule is O=C1/C(=C/c2coc3c(Cl)cc(Cl)cc3c2=O)SC(=S)N1c1ccccc1. The number of para-hydroxylation sites is 1. The number of nitrogens with zero attached hydrogens (tertiary/aromatic N) is 1. The first kappa shape index (κ1) is 18.3. The number of halogens is 2. The molecule has 1 aromatic heterocycles. The number of amides is 1. The quantitative estimate of drug-likeness (QED) is 0.394. The van der Waals surface area contributed by atoms with Gasteiger partial charge in [-0.05, 0) is 30.3 Å². The van der Waals surface area contributed by atoms with Crippen LogP contribution in [0.25, 0.3) is 17.0 Å². The molecule has 1 saturated heterocycles. The Kier molecular flexibility index (Phi) is 4.82. The summed E-state index contributed by atoms with van der Waals surface area (Å²) in [5.74, 6) is -0.292. The lowest BCUT2D eigenvalue weighted by atomic mass is 10.1. The predicted molar refractivity (Wildman–Crippen MR) is 115 cm³/mol. The van der Waals surface area contributed by atoms with Gasteiger partial charge in [-0.3, -0.25) is 14.5 Å². The second-order valence-electron chi connectivity index (χ2n) is 5.64. The number of rotatable bonds is 2. The number of anilines is 1.